The van der Waals surface area contributed by atoms with Crippen molar-refractivity contribution in [1.82, 2.24) is 0 Å². The van der Waals surface area contributed by atoms with E-state index in [1.54, 1.807) is 0 Å². The van der Waals surface area contributed by atoms with E-state index in [9.17, 15) is 13.6 Å². The van der Waals surface area contributed by atoms with Gasteiger partial charge in [-0.05, 0) is 12.1 Å². The lowest BCUT2D eigenvalue weighted by atomic mass is 10.1. The van der Waals surface area contributed by atoms with Crippen molar-refractivity contribution >= 4 is 5.97 Å². The van der Waals surface area contributed by atoms with E-state index in [1.165, 1.54) is 0 Å². The maximum absolute atomic E-state index is 13.3. The van der Waals surface area contributed by atoms with Crippen LogP contribution in [0.5, 0.6) is 0 Å². The SMILES string of the molecule is COC(=O)c1c(F)cc(C#CCN)cc1F. The highest BCUT2D eigenvalue weighted by molar-refractivity contribution is 5.90. The van der Waals surface area contributed by atoms with Crippen LogP contribution in [0.3, 0.4) is 0 Å². The molecule has 0 bridgehead atoms. The van der Waals surface area contributed by atoms with Crippen molar-refractivity contribution in [2.24, 2.45) is 5.73 Å². The van der Waals surface area contributed by atoms with Crippen molar-refractivity contribution in [3.05, 3.63) is 34.9 Å². The van der Waals surface area contributed by atoms with E-state index >= 15 is 0 Å². The molecule has 1 rings (SSSR count). The number of nitrogens with two attached hydrogens (primary N) is 1. The van der Waals surface area contributed by atoms with Crippen molar-refractivity contribution < 1.29 is 18.3 Å². The van der Waals surface area contributed by atoms with Crippen LogP contribution in [-0.4, -0.2) is 19.6 Å². The second-order valence-electron chi connectivity index (χ2n) is 2.81. The Balaban J connectivity index is 3.22. The largest absolute Gasteiger partial charge is 0.465 e. The molecule has 0 saturated heterocycles. The van der Waals surface area contributed by atoms with Crippen molar-refractivity contribution in [2.75, 3.05) is 13.7 Å². The molecule has 0 radical (unpaired) electrons. The summed E-state index contributed by atoms with van der Waals surface area (Å²) in [6, 6.07) is 1.91. The summed E-state index contributed by atoms with van der Waals surface area (Å²) in [5.74, 6) is 1.84. The van der Waals surface area contributed by atoms with Gasteiger partial charge < -0.3 is 10.5 Å². The lowest BCUT2D eigenvalue weighted by Crippen LogP contribution is -2.08. The number of carbonyl (C=O) groups is 1. The molecule has 2 N–H and O–H groups in total. The van der Waals surface area contributed by atoms with E-state index in [0.717, 1.165) is 19.2 Å². The molecule has 0 saturated carbocycles. The molecule has 0 heterocycles. The molecule has 0 aliphatic heterocycles. The molecule has 0 aliphatic carbocycles. The molecule has 5 heteroatoms. The van der Waals surface area contributed by atoms with Gasteiger partial charge in [0.05, 0.1) is 13.7 Å². The lowest BCUT2D eigenvalue weighted by Gasteiger charge is -2.03. The van der Waals surface area contributed by atoms with E-state index in [-0.39, 0.29) is 12.1 Å². The van der Waals surface area contributed by atoms with Gasteiger partial charge in [0.1, 0.15) is 17.2 Å². The average Bonchev–Trinajstić information content (AvgIpc) is 2.25. The predicted octanol–water partition coefficient (Wildman–Crippen LogP) is 1.06. The van der Waals surface area contributed by atoms with E-state index in [2.05, 4.69) is 16.6 Å². The van der Waals surface area contributed by atoms with Crippen LogP contribution in [0.2, 0.25) is 0 Å². The quantitative estimate of drug-likeness (QED) is 0.574. The minimum absolute atomic E-state index is 0.0853. The number of ether oxygens (including phenoxy) is 1. The van der Waals surface area contributed by atoms with Gasteiger partial charge >= 0.3 is 5.97 Å². The second kappa shape index (κ2) is 5.24. The molecule has 0 unspecified atom stereocenters. The van der Waals surface area contributed by atoms with E-state index < -0.39 is 23.2 Å². The summed E-state index contributed by atoms with van der Waals surface area (Å²) in [5, 5.41) is 0. The molecule has 0 aromatic heterocycles. The first-order chi connectivity index (χ1) is 7.60. The van der Waals surface area contributed by atoms with Gasteiger partial charge in [0, 0.05) is 5.56 Å². The molecule has 0 spiro atoms. The van der Waals surface area contributed by atoms with Crippen molar-refractivity contribution in [3.63, 3.8) is 0 Å². The molecule has 0 aliphatic rings. The van der Waals surface area contributed by atoms with Crippen molar-refractivity contribution in [2.45, 2.75) is 0 Å². The van der Waals surface area contributed by atoms with E-state index in [0.29, 0.717) is 0 Å². The normalized spacial score (nSPS) is 9.25. The van der Waals surface area contributed by atoms with Crippen LogP contribution in [-0.2, 0) is 4.74 Å². The molecule has 1 aromatic rings. The van der Waals surface area contributed by atoms with Crippen LogP contribution in [0.1, 0.15) is 15.9 Å². The summed E-state index contributed by atoms with van der Waals surface area (Å²) in [7, 11) is 1.04. The number of esters is 1. The summed E-state index contributed by atoms with van der Waals surface area (Å²) in [6.07, 6.45) is 0. The van der Waals surface area contributed by atoms with E-state index in [1.807, 2.05) is 0 Å². The Bertz CT molecular complexity index is 452. The van der Waals surface area contributed by atoms with Gasteiger partial charge in [0.15, 0.2) is 0 Å². The smallest absolute Gasteiger partial charge is 0.343 e. The van der Waals surface area contributed by atoms with Gasteiger partial charge in [0.25, 0.3) is 0 Å². The third-order valence-electron chi connectivity index (χ3n) is 1.77. The maximum Gasteiger partial charge on any atom is 0.343 e. The fraction of sp³-hybridized carbons (Fsp3) is 0.182. The summed E-state index contributed by atoms with van der Waals surface area (Å²) >= 11 is 0. The topological polar surface area (TPSA) is 52.3 Å². The van der Waals surface area contributed by atoms with Crippen molar-refractivity contribution in [1.29, 1.82) is 0 Å². The zero-order valence-corrected chi connectivity index (χ0v) is 8.51. The Labute approximate surface area is 91.2 Å². The Morgan fingerprint density at radius 1 is 1.44 bits per heavy atom. The number of hydrogen-bond donors (Lipinski definition) is 1. The molecule has 0 atom stereocenters. The molecular formula is C11H9F2NO2. The minimum Gasteiger partial charge on any atom is -0.465 e. The first-order valence-corrected chi connectivity index (χ1v) is 4.36. The minimum atomic E-state index is -1.06. The second-order valence-corrected chi connectivity index (χ2v) is 2.81. The number of carbonyl (C=O) groups excluding carboxylic acids is 1. The maximum atomic E-state index is 13.3. The van der Waals surface area contributed by atoms with Gasteiger partial charge in [-0.1, -0.05) is 11.8 Å². The van der Waals surface area contributed by atoms with Crippen molar-refractivity contribution in [3.8, 4) is 11.8 Å². The Morgan fingerprint density at radius 2 is 2.00 bits per heavy atom. The summed E-state index contributed by atoms with van der Waals surface area (Å²) in [6.45, 7) is 0.0853. The van der Waals surface area contributed by atoms with Gasteiger partial charge in [-0.15, -0.1) is 0 Å². The molecule has 1 aromatic carbocycles. The van der Waals surface area contributed by atoms with Crippen LogP contribution < -0.4 is 5.73 Å². The third-order valence-corrected chi connectivity index (χ3v) is 1.77. The number of hydrogen-bond acceptors (Lipinski definition) is 3. The van der Waals surface area contributed by atoms with Crippen LogP contribution in [0.4, 0.5) is 8.78 Å². The van der Waals surface area contributed by atoms with Gasteiger partial charge in [-0.2, -0.15) is 0 Å². The number of halogens is 2. The van der Waals surface area contributed by atoms with E-state index in [4.69, 9.17) is 5.73 Å². The van der Waals surface area contributed by atoms with Crippen LogP contribution in [0.25, 0.3) is 0 Å². The highest BCUT2D eigenvalue weighted by Gasteiger charge is 2.18. The molecule has 84 valence electrons. The summed E-state index contributed by atoms with van der Waals surface area (Å²) < 4.78 is 30.9. The number of benzene rings is 1. The fourth-order valence-corrected chi connectivity index (χ4v) is 1.10. The van der Waals surface area contributed by atoms with Crippen LogP contribution in [0, 0.1) is 23.5 Å². The first-order valence-electron chi connectivity index (χ1n) is 4.36. The first kappa shape index (κ1) is 12.1. The highest BCUT2D eigenvalue weighted by Crippen LogP contribution is 2.15. The standard InChI is InChI=1S/C11H9F2NO2/c1-16-11(15)10-8(12)5-7(3-2-4-14)6-9(10)13/h5-6H,4,14H2,1H3. The van der Waals surface area contributed by atoms with Crippen LogP contribution >= 0.6 is 0 Å². The van der Waals surface area contributed by atoms with Gasteiger partial charge in [-0.25, -0.2) is 13.6 Å². The van der Waals surface area contributed by atoms with Gasteiger partial charge in [0.2, 0.25) is 0 Å². The summed E-state index contributed by atoms with van der Waals surface area (Å²) in [5.41, 5.74) is 4.51. The monoisotopic (exact) mass is 225 g/mol. The Kier molecular flexibility index (Phi) is 3.97. The number of methoxy groups -OCH3 is 1. The number of rotatable bonds is 1. The Hall–Kier alpha value is -1.93. The van der Waals surface area contributed by atoms with Gasteiger partial charge in [-0.3, -0.25) is 0 Å². The Morgan fingerprint density at radius 3 is 2.44 bits per heavy atom. The third kappa shape index (κ3) is 2.55. The average molecular weight is 225 g/mol. The summed E-state index contributed by atoms with van der Waals surface area (Å²) in [4.78, 5) is 11.0. The lowest BCUT2D eigenvalue weighted by molar-refractivity contribution is 0.0590. The zero-order chi connectivity index (χ0) is 12.1. The zero-order valence-electron chi connectivity index (χ0n) is 8.51. The molecule has 3 nitrogen and oxygen atoms in total. The molecule has 0 amide bonds. The van der Waals surface area contributed by atoms with Crippen LogP contribution in [0.15, 0.2) is 12.1 Å². The predicted molar refractivity (Wildman–Crippen MR) is 53.6 cm³/mol. The highest BCUT2D eigenvalue weighted by atomic mass is 19.1. The molecule has 0 fully saturated rings. The fourth-order valence-electron chi connectivity index (χ4n) is 1.10. The molecule has 16 heavy (non-hydrogen) atoms. The molecular weight excluding hydrogens is 216 g/mol.